The Morgan fingerprint density at radius 2 is 2.58 bits per heavy atom. The third-order valence-electron chi connectivity index (χ3n) is 1.51. The summed E-state index contributed by atoms with van der Waals surface area (Å²) in [6.45, 7) is 1.72. The van der Waals surface area contributed by atoms with Crippen LogP contribution >= 0.6 is 11.3 Å². The monoisotopic (exact) mass is 181 g/mol. The second-order valence-electron chi connectivity index (χ2n) is 2.61. The largest absolute Gasteiger partial charge is 0.300 e. The molecule has 0 aromatic carbocycles. The van der Waals surface area contributed by atoms with Gasteiger partial charge in [-0.2, -0.15) is 5.26 Å². The fourth-order valence-electron chi connectivity index (χ4n) is 0.906. The van der Waals surface area contributed by atoms with E-state index < -0.39 is 0 Å². The molecule has 1 rings (SSSR count). The van der Waals surface area contributed by atoms with E-state index in [1.807, 2.05) is 18.8 Å². The molecule has 0 saturated heterocycles. The number of rotatable bonds is 4. The van der Waals surface area contributed by atoms with E-state index in [4.69, 9.17) is 5.26 Å². The zero-order chi connectivity index (χ0) is 8.81. The maximum Gasteiger partial charge on any atom is 0.0794 e. The van der Waals surface area contributed by atoms with Gasteiger partial charge in [-0.3, -0.25) is 4.98 Å². The van der Waals surface area contributed by atoms with Crippen molar-refractivity contribution in [2.24, 2.45) is 0 Å². The van der Waals surface area contributed by atoms with Crippen LogP contribution < -0.4 is 0 Å². The fraction of sp³-hybridized carbons (Fsp3) is 0.500. The van der Waals surface area contributed by atoms with E-state index in [0.29, 0.717) is 6.42 Å². The highest BCUT2D eigenvalue weighted by molar-refractivity contribution is 7.09. The van der Waals surface area contributed by atoms with Crippen molar-refractivity contribution in [3.8, 4) is 6.07 Å². The molecule has 0 spiro atoms. The molecule has 0 radical (unpaired) electrons. The molecular formula is C8H11N3S. The first-order valence-electron chi connectivity index (χ1n) is 3.76. The number of hydrogen-bond donors (Lipinski definition) is 0. The lowest BCUT2D eigenvalue weighted by molar-refractivity contribution is 0.338. The minimum absolute atomic E-state index is 0.593. The highest BCUT2D eigenvalue weighted by Gasteiger charge is 2.00. The minimum Gasteiger partial charge on any atom is -0.300 e. The quantitative estimate of drug-likeness (QED) is 0.706. The van der Waals surface area contributed by atoms with Crippen molar-refractivity contribution in [2.45, 2.75) is 13.0 Å². The molecule has 1 heterocycles. The number of hydrogen-bond acceptors (Lipinski definition) is 4. The maximum atomic E-state index is 8.35. The topological polar surface area (TPSA) is 39.9 Å². The van der Waals surface area contributed by atoms with Gasteiger partial charge in [-0.05, 0) is 7.05 Å². The number of nitriles is 1. The minimum atomic E-state index is 0.593. The summed E-state index contributed by atoms with van der Waals surface area (Å²) < 4.78 is 0. The Labute approximate surface area is 76.3 Å². The molecule has 1 aromatic rings. The van der Waals surface area contributed by atoms with Gasteiger partial charge in [-0.25, -0.2) is 0 Å². The summed E-state index contributed by atoms with van der Waals surface area (Å²) in [7, 11) is 2.01. The first-order valence-corrected chi connectivity index (χ1v) is 4.63. The lowest BCUT2D eigenvalue weighted by atomic mass is 10.4. The van der Waals surface area contributed by atoms with Crippen LogP contribution in [0.4, 0.5) is 0 Å². The van der Waals surface area contributed by atoms with Crippen LogP contribution in [0.15, 0.2) is 11.7 Å². The molecule has 1 aromatic heterocycles. The van der Waals surface area contributed by atoms with Crippen molar-refractivity contribution in [3.63, 3.8) is 0 Å². The third-order valence-corrected chi connectivity index (χ3v) is 2.28. The predicted molar refractivity (Wildman–Crippen MR) is 48.7 cm³/mol. The zero-order valence-electron chi connectivity index (χ0n) is 7.03. The van der Waals surface area contributed by atoms with Crippen LogP contribution in [0.1, 0.15) is 11.3 Å². The van der Waals surface area contributed by atoms with Crippen molar-refractivity contribution in [3.05, 3.63) is 16.6 Å². The highest BCUT2D eigenvalue weighted by Crippen LogP contribution is 2.07. The van der Waals surface area contributed by atoms with E-state index in [9.17, 15) is 0 Å². The molecule has 4 heteroatoms. The highest BCUT2D eigenvalue weighted by atomic mass is 32.1. The van der Waals surface area contributed by atoms with Crippen LogP contribution in [0.2, 0.25) is 0 Å². The molecule has 64 valence electrons. The summed E-state index contributed by atoms with van der Waals surface area (Å²) in [5.41, 5.74) is 1.83. The van der Waals surface area contributed by atoms with Gasteiger partial charge in [-0.15, -0.1) is 11.3 Å². The van der Waals surface area contributed by atoms with E-state index in [0.717, 1.165) is 13.1 Å². The average molecular weight is 181 g/mol. The van der Waals surface area contributed by atoms with E-state index in [-0.39, 0.29) is 0 Å². The van der Waals surface area contributed by atoms with Crippen molar-refractivity contribution in [1.82, 2.24) is 9.88 Å². The Balaban J connectivity index is 2.28. The lowest BCUT2D eigenvalue weighted by Gasteiger charge is -2.12. The van der Waals surface area contributed by atoms with Crippen LogP contribution in [0.25, 0.3) is 0 Å². The number of aromatic nitrogens is 1. The molecule has 0 aliphatic heterocycles. The molecule has 0 unspecified atom stereocenters. The number of thiazole rings is 1. The molecule has 0 aliphatic rings. The Morgan fingerprint density at radius 3 is 3.17 bits per heavy atom. The van der Waals surface area contributed by atoms with Crippen LogP contribution in [-0.2, 0) is 6.54 Å². The van der Waals surface area contributed by atoms with Gasteiger partial charge >= 0.3 is 0 Å². The Hall–Kier alpha value is -0.920. The second-order valence-corrected chi connectivity index (χ2v) is 3.58. The van der Waals surface area contributed by atoms with Crippen LogP contribution in [0, 0.1) is 11.3 Å². The molecule has 0 amide bonds. The van der Waals surface area contributed by atoms with Gasteiger partial charge in [0.25, 0.3) is 0 Å². The van der Waals surface area contributed by atoms with Gasteiger partial charge in [0.2, 0.25) is 0 Å². The lowest BCUT2D eigenvalue weighted by Crippen LogP contribution is -2.17. The molecule has 0 N–H and O–H groups in total. The summed E-state index contributed by atoms with van der Waals surface area (Å²) in [5, 5.41) is 8.35. The normalized spacial score (nSPS) is 10.1. The average Bonchev–Trinajstić information content (AvgIpc) is 2.53. The van der Waals surface area contributed by atoms with Crippen molar-refractivity contribution in [2.75, 3.05) is 13.6 Å². The van der Waals surface area contributed by atoms with Gasteiger partial charge in [0.05, 0.1) is 11.6 Å². The first kappa shape index (κ1) is 9.17. The standard InChI is InChI=1S/C8H11N3S/c1-11(4-2-3-9)6-8-5-10-7-12-8/h5,7H,2,4,6H2,1H3. The number of nitrogens with zero attached hydrogens (tertiary/aromatic N) is 3. The summed E-state index contributed by atoms with van der Waals surface area (Å²) in [5.74, 6) is 0. The van der Waals surface area contributed by atoms with Gasteiger partial charge in [0, 0.05) is 30.6 Å². The maximum absolute atomic E-state index is 8.35. The fourth-order valence-corrected chi connectivity index (χ4v) is 1.58. The van der Waals surface area contributed by atoms with E-state index in [2.05, 4.69) is 16.0 Å². The van der Waals surface area contributed by atoms with E-state index >= 15 is 0 Å². The molecule has 0 fully saturated rings. The molecule has 12 heavy (non-hydrogen) atoms. The summed E-state index contributed by atoms with van der Waals surface area (Å²) in [6.07, 6.45) is 2.46. The van der Waals surface area contributed by atoms with Crippen LogP contribution in [0.3, 0.4) is 0 Å². The van der Waals surface area contributed by atoms with Crippen molar-refractivity contribution >= 4 is 11.3 Å². The molecule has 0 saturated carbocycles. The SMILES string of the molecule is CN(CCC#N)Cc1cncs1. The van der Waals surface area contributed by atoms with Gasteiger partial charge in [0.1, 0.15) is 0 Å². The smallest absolute Gasteiger partial charge is 0.0794 e. The van der Waals surface area contributed by atoms with Gasteiger partial charge in [0.15, 0.2) is 0 Å². The Kier molecular flexibility index (Phi) is 3.71. The van der Waals surface area contributed by atoms with Crippen LogP contribution in [0.5, 0.6) is 0 Å². The van der Waals surface area contributed by atoms with Gasteiger partial charge in [-0.1, -0.05) is 0 Å². The van der Waals surface area contributed by atoms with E-state index in [1.165, 1.54) is 4.88 Å². The molecule has 3 nitrogen and oxygen atoms in total. The Morgan fingerprint density at radius 1 is 1.75 bits per heavy atom. The molecular weight excluding hydrogens is 170 g/mol. The van der Waals surface area contributed by atoms with E-state index in [1.54, 1.807) is 11.3 Å². The summed E-state index contributed by atoms with van der Waals surface area (Å²) in [6, 6.07) is 2.12. The second kappa shape index (κ2) is 4.86. The molecule has 0 aliphatic carbocycles. The zero-order valence-corrected chi connectivity index (χ0v) is 7.84. The first-order chi connectivity index (χ1) is 5.83. The van der Waals surface area contributed by atoms with Crippen LogP contribution in [-0.4, -0.2) is 23.5 Å². The molecule has 0 atom stereocenters. The van der Waals surface area contributed by atoms with Crippen molar-refractivity contribution < 1.29 is 0 Å². The third kappa shape index (κ3) is 2.99. The van der Waals surface area contributed by atoms with Crippen molar-refractivity contribution in [1.29, 1.82) is 5.26 Å². The Bertz CT molecular complexity index is 250. The molecule has 0 bridgehead atoms. The summed E-state index contributed by atoms with van der Waals surface area (Å²) in [4.78, 5) is 7.35. The summed E-state index contributed by atoms with van der Waals surface area (Å²) >= 11 is 1.65. The van der Waals surface area contributed by atoms with Gasteiger partial charge < -0.3 is 4.90 Å². The predicted octanol–water partition coefficient (Wildman–Crippen LogP) is 1.49.